The van der Waals surface area contributed by atoms with Gasteiger partial charge in [0.1, 0.15) is 0 Å². The van der Waals surface area contributed by atoms with Crippen LogP contribution in [-0.4, -0.2) is 22.1 Å². The third kappa shape index (κ3) is 5.12. The van der Waals surface area contributed by atoms with Crippen molar-refractivity contribution in [1.82, 2.24) is 4.57 Å². The smallest absolute Gasteiger partial charge is 0.249 e. The fourth-order valence-electron chi connectivity index (χ4n) is 2.62. The molecular formula is C21H19N3O2S2. The van der Waals surface area contributed by atoms with Gasteiger partial charge in [0.15, 0.2) is 4.80 Å². The van der Waals surface area contributed by atoms with Gasteiger partial charge in [-0.2, -0.15) is 4.99 Å². The van der Waals surface area contributed by atoms with Crippen LogP contribution in [-0.2, 0) is 16.1 Å². The maximum Gasteiger partial charge on any atom is 0.249 e. The predicted molar refractivity (Wildman–Crippen MR) is 115 cm³/mol. The molecule has 0 fully saturated rings. The molecule has 142 valence electrons. The highest BCUT2D eigenvalue weighted by molar-refractivity contribution is 7.99. The minimum Gasteiger partial charge on any atom is -0.326 e. The maximum absolute atomic E-state index is 12.4. The standard InChI is InChI=1S/C21H19N3O2S2/c1-3-12-24-18-10-9-16(22-15(2)25)14-19(18)28-21(24)23-20(26)11-13-27-17-7-5-4-6-8-17/h1,4-10,14H,11-13H2,2H3,(H,22,25). The zero-order valence-corrected chi connectivity index (χ0v) is 17.0. The largest absolute Gasteiger partial charge is 0.326 e. The number of anilines is 1. The Morgan fingerprint density at radius 2 is 2.04 bits per heavy atom. The van der Waals surface area contributed by atoms with Crippen molar-refractivity contribution in [1.29, 1.82) is 0 Å². The summed E-state index contributed by atoms with van der Waals surface area (Å²) in [4.78, 5) is 29.6. The van der Waals surface area contributed by atoms with Crippen molar-refractivity contribution >= 4 is 50.8 Å². The van der Waals surface area contributed by atoms with Crippen LogP contribution in [0.2, 0.25) is 0 Å². The first-order valence-electron chi connectivity index (χ1n) is 8.66. The van der Waals surface area contributed by atoms with E-state index in [4.69, 9.17) is 6.42 Å². The highest BCUT2D eigenvalue weighted by Crippen LogP contribution is 2.22. The summed E-state index contributed by atoms with van der Waals surface area (Å²) < 4.78 is 2.76. The number of fused-ring (bicyclic) bond motifs is 1. The van der Waals surface area contributed by atoms with Crippen molar-refractivity contribution in [2.45, 2.75) is 24.8 Å². The molecule has 1 N–H and O–H groups in total. The summed E-state index contributed by atoms with van der Waals surface area (Å²) in [5.41, 5.74) is 1.59. The van der Waals surface area contributed by atoms with E-state index in [2.05, 4.69) is 16.2 Å². The average molecular weight is 410 g/mol. The third-order valence-corrected chi connectivity index (χ3v) is 5.86. The number of terminal acetylenes is 1. The number of aromatic nitrogens is 1. The Kier molecular flexibility index (Phi) is 6.69. The van der Waals surface area contributed by atoms with E-state index in [0.29, 0.717) is 29.2 Å². The molecule has 0 aliphatic heterocycles. The van der Waals surface area contributed by atoms with Gasteiger partial charge < -0.3 is 9.88 Å². The lowest BCUT2D eigenvalue weighted by molar-refractivity contribution is -0.117. The Labute approximate surface area is 171 Å². The molecule has 0 bridgehead atoms. The Morgan fingerprint density at radius 1 is 1.25 bits per heavy atom. The van der Waals surface area contributed by atoms with E-state index < -0.39 is 0 Å². The second-order valence-electron chi connectivity index (χ2n) is 5.96. The van der Waals surface area contributed by atoms with Gasteiger partial charge >= 0.3 is 0 Å². The lowest BCUT2D eigenvalue weighted by Crippen LogP contribution is -2.16. The summed E-state index contributed by atoms with van der Waals surface area (Å²) >= 11 is 3.01. The number of nitrogens with zero attached hydrogens (tertiary/aromatic N) is 2. The summed E-state index contributed by atoms with van der Waals surface area (Å²) in [6.07, 6.45) is 5.85. The number of hydrogen-bond donors (Lipinski definition) is 1. The second-order valence-corrected chi connectivity index (χ2v) is 8.13. The van der Waals surface area contributed by atoms with Gasteiger partial charge in [-0.15, -0.1) is 18.2 Å². The van der Waals surface area contributed by atoms with Crippen molar-refractivity contribution in [3.8, 4) is 12.3 Å². The average Bonchev–Trinajstić information content (AvgIpc) is 2.99. The minimum atomic E-state index is -0.178. The fraction of sp³-hybridized carbons (Fsp3) is 0.190. The number of carbonyl (C=O) groups excluding carboxylic acids is 2. The number of carbonyl (C=O) groups is 2. The van der Waals surface area contributed by atoms with Crippen LogP contribution in [0.25, 0.3) is 10.2 Å². The monoisotopic (exact) mass is 409 g/mol. The fourth-order valence-corrected chi connectivity index (χ4v) is 4.57. The van der Waals surface area contributed by atoms with Crippen LogP contribution in [0.3, 0.4) is 0 Å². The number of benzene rings is 2. The lowest BCUT2D eigenvalue weighted by atomic mass is 10.3. The SMILES string of the molecule is C#CCn1c(=NC(=O)CCSc2ccccc2)sc2cc(NC(C)=O)ccc21. The first-order valence-corrected chi connectivity index (χ1v) is 10.5. The zero-order chi connectivity index (χ0) is 19.9. The Balaban J connectivity index is 1.81. The molecule has 3 aromatic rings. The molecule has 1 heterocycles. The van der Waals surface area contributed by atoms with E-state index in [0.717, 1.165) is 15.1 Å². The molecule has 0 aliphatic rings. The number of thiazole rings is 1. The molecule has 0 unspecified atom stereocenters. The van der Waals surface area contributed by atoms with Crippen molar-refractivity contribution < 1.29 is 9.59 Å². The van der Waals surface area contributed by atoms with Gasteiger partial charge in [-0.1, -0.05) is 35.5 Å². The molecule has 2 amide bonds. The van der Waals surface area contributed by atoms with Crippen molar-refractivity contribution in [2.75, 3.05) is 11.1 Å². The summed E-state index contributed by atoms with van der Waals surface area (Å²) in [6.45, 7) is 1.79. The summed E-state index contributed by atoms with van der Waals surface area (Å²) in [6, 6.07) is 15.5. The number of amides is 2. The zero-order valence-electron chi connectivity index (χ0n) is 15.3. The summed E-state index contributed by atoms with van der Waals surface area (Å²) in [5, 5.41) is 2.76. The van der Waals surface area contributed by atoms with Crippen molar-refractivity contribution in [3.05, 3.63) is 53.3 Å². The Morgan fingerprint density at radius 3 is 2.75 bits per heavy atom. The maximum atomic E-state index is 12.4. The van der Waals surface area contributed by atoms with Crippen molar-refractivity contribution in [2.24, 2.45) is 4.99 Å². The number of nitrogens with one attached hydrogen (secondary N) is 1. The Hall–Kier alpha value is -2.82. The molecule has 0 saturated heterocycles. The molecular weight excluding hydrogens is 390 g/mol. The molecule has 2 aromatic carbocycles. The molecule has 0 aliphatic carbocycles. The van der Waals surface area contributed by atoms with Gasteiger partial charge in [-0.25, -0.2) is 0 Å². The van der Waals surface area contributed by atoms with Crippen LogP contribution in [0.4, 0.5) is 5.69 Å². The van der Waals surface area contributed by atoms with Crippen molar-refractivity contribution in [3.63, 3.8) is 0 Å². The number of rotatable bonds is 6. The highest BCUT2D eigenvalue weighted by Gasteiger charge is 2.09. The van der Waals surface area contributed by atoms with E-state index in [1.165, 1.54) is 18.3 Å². The summed E-state index contributed by atoms with van der Waals surface area (Å²) in [7, 11) is 0. The third-order valence-electron chi connectivity index (χ3n) is 3.80. The molecule has 0 radical (unpaired) electrons. The first kappa shape index (κ1) is 19.9. The van der Waals surface area contributed by atoms with E-state index in [1.54, 1.807) is 11.8 Å². The second kappa shape index (κ2) is 9.40. The van der Waals surface area contributed by atoms with E-state index in [1.807, 2.05) is 53.1 Å². The molecule has 7 heteroatoms. The van der Waals surface area contributed by atoms with Gasteiger partial charge in [0, 0.05) is 29.7 Å². The molecule has 3 rings (SSSR count). The highest BCUT2D eigenvalue weighted by atomic mass is 32.2. The van der Waals surface area contributed by atoms with E-state index in [-0.39, 0.29) is 11.8 Å². The molecule has 5 nitrogen and oxygen atoms in total. The number of thioether (sulfide) groups is 1. The van der Waals surface area contributed by atoms with E-state index >= 15 is 0 Å². The van der Waals surface area contributed by atoms with Crippen LogP contribution in [0.5, 0.6) is 0 Å². The number of hydrogen-bond acceptors (Lipinski definition) is 4. The van der Waals surface area contributed by atoms with Gasteiger partial charge in [0.25, 0.3) is 0 Å². The molecule has 1 aromatic heterocycles. The lowest BCUT2D eigenvalue weighted by Gasteiger charge is -2.03. The molecule has 0 saturated carbocycles. The first-order chi connectivity index (χ1) is 13.6. The van der Waals surface area contributed by atoms with Crippen LogP contribution < -0.4 is 10.1 Å². The summed E-state index contributed by atoms with van der Waals surface area (Å²) in [5.74, 6) is 2.96. The van der Waals surface area contributed by atoms with Crippen LogP contribution >= 0.6 is 23.1 Å². The van der Waals surface area contributed by atoms with E-state index in [9.17, 15) is 9.59 Å². The molecule has 0 atom stereocenters. The van der Waals surface area contributed by atoms with Gasteiger partial charge in [0.05, 0.1) is 16.8 Å². The van der Waals surface area contributed by atoms with Crippen LogP contribution in [0.15, 0.2) is 58.4 Å². The Bertz CT molecular complexity index is 1110. The minimum absolute atomic E-state index is 0.136. The van der Waals surface area contributed by atoms with Crippen LogP contribution in [0.1, 0.15) is 13.3 Å². The van der Waals surface area contributed by atoms with Gasteiger partial charge in [0.2, 0.25) is 11.8 Å². The predicted octanol–water partition coefficient (Wildman–Crippen LogP) is 3.90. The van der Waals surface area contributed by atoms with Gasteiger partial charge in [-0.3, -0.25) is 9.59 Å². The normalized spacial score (nSPS) is 11.4. The molecule has 0 spiro atoms. The van der Waals surface area contributed by atoms with Crippen LogP contribution in [0, 0.1) is 12.3 Å². The molecule has 28 heavy (non-hydrogen) atoms. The quantitative estimate of drug-likeness (QED) is 0.496. The topological polar surface area (TPSA) is 63.5 Å². The van der Waals surface area contributed by atoms with Gasteiger partial charge in [-0.05, 0) is 30.3 Å².